The summed E-state index contributed by atoms with van der Waals surface area (Å²) in [6.45, 7) is 2.12. The third-order valence-electron chi connectivity index (χ3n) is 3.11. The van der Waals surface area contributed by atoms with Gasteiger partial charge in [0.1, 0.15) is 11.5 Å². The normalized spacial score (nSPS) is 19.5. The Hall–Kier alpha value is -0.990. The molecule has 0 spiro atoms. The van der Waals surface area contributed by atoms with E-state index in [4.69, 9.17) is 0 Å². The Morgan fingerprint density at radius 1 is 1.13 bits per heavy atom. The van der Waals surface area contributed by atoms with E-state index in [1.807, 2.05) is 0 Å². The number of hydrogen-bond donors (Lipinski definition) is 0. The largest absolute Gasteiger partial charge is 0.616 e. The Bertz CT molecular complexity index is 533. The van der Waals surface area contributed by atoms with Crippen molar-refractivity contribution in [3.05, 3.63) is 47.0 Å². The molecular weight excluding hydrogens is 204 g/mol. The molecule has 76 valence electrons. The van der Waals surface area contributed by atoms with Crippen LogP contribution in [0.3, 0.4) is 0 Å². The molecule has 0 aliphatic carbocycles. The molecule has 3 rings (SSSR count). The van der Waals surface area contributed by atoms with Crippen LogP contribution in [0.15, 0.2) is 30.3 Å². The van der Waals surface area contributed by atoms with Crippen LogP contribution in [0.1, 0.15) is 16.7 Å². The second-order valence-electron chi connectivity index (χ2n) is 4.10. The number of benzene rings is 2. The van der Waals surface area contributed by atoms with Gasteiger partial charge >= 0.3 is 0 Å². The van der Waals surface area contributed by atoms with Crippen molar-refractivity contribution in [1.82, 2.24) is 0 Å². The van der Waals surface area contributed by atoms with Gasteiger partial charge in [0.05, 0.1) is 0 Å². The third kappa shape index (κ3) is 1.36. The summed E-state index contributed by atoms with van der Waals surface area (Å²) in [5.74, 6) is 1.48. The fourth-order valence-corrected chi connectivity index (χ4v) is 3.84. The number of aryl methyl sites for hydroxylation is 1. The Balaban J connectivity index is 2.38. The highest BCUT2D eigenvalue weighted by Gasteiger charge is 2.25. The van der Waals surface area contributed by atoms with Crippen molar-refractivity contribution >= 4 is 21.9 Å². The highest BCUT2D eigenvalue weighted by atomic mass is 32.2. The Labute approximate surface area is 92.3 Å². The summed E-state index contributed by atoms with van der Waals surface area (Å²) in [7, 11) is 0. The molecular formula is C13H12OS. The maximum absolute atomic E-state index is 11.6. The predicted octanol–water partition coefficient (Wildman–Crippen LogP) is 2.91. The molecule has 1 nitrogen and oxygen atoms in total. The van der Waals surface area contributed by atoms with E-state index >= 15 is 0 Å². The molecule has 2 aromatic carbocycles. The summed E-state index contributed by atoms with van der Waals surface area (Å²) in [6, 6.07) is 10.6. The van der Waals surface area contributed by atoms with Gasteiger partial charge in [0.25, 0.3) is 0 Å². The lowest BCUT2D eigenvalue weighted by Crippen LogP contribution is -1.95. The van der Waals surface area contributed by atoms with Crippen LogP contribution in [0, 0.1) is 6.92 Å². The zero-order valence-corrected chi connectivity index (χ0v) is 9.43. The SMILES string of the molecule is Cc1cc2ccccc2c2c1C[S+]([O-])C2. The molecule has 0 radical (unpaired) electrons. The molecule has 1 aliphatic rings. The lowest BCUT2D eigenvalue weighted by molar-refractivity contribution is 0.597. The van der Waals surface area contributed by atoms with Crippen LogP contribution in [0.25, 0.3) is 10.8 Å². The van der Waals surface area contributed by atoms with E-state index in [0.29, 0.717) is 0 Å². The van der Waals surface area contributed by atoms with Crippen molar-refractivity contribution in [3.63, 3.8) is 0 Å². The van der Waals surface area contributed by atoms with Crippen LogP contribution in [0.5, 0.6) is 0 Å². The number of rotatable bonds is 0. The average Bonchev–Trinajstić information content (AvgIpc) is 2.61. The van der Waals surface area contributed by atoms with E-state index < -0.39 is 11.2 Å². The van der Waals surface area contributed by atoms with Crippen LogP contribution in [-0.2, 0) is 22.7 Å². The van der Waals surface area contributed by atoms with Crippen LogP contribution in [0.2, 0.25) is 0 Å². The van der Waals surface area contributed by atoms with E-state index in [1.54, 1.807) is 0 Å². The molecule has 1 atom stereocenters. The number of fused-ring (bicyclic) bond motifs is 3. The minimum absolute atomic E-state index is 0.686. The van der Waals surface area contributed by atoms with Gasteiger partial charge in [-0.3, -0.25) is 0 Å². The first-order chi connectivity index (χ1) is 7.25. The first kappa shape index (κ1) is 9.25. The maximum Gasteiger partial charge on any atom is 0.132 e. The molecule has 1 heterocycles. The smallest absolute Gasteiger partial charge is 0.132 e. The summed E-state index contributed by atoms with van der Waals surface area (Å²) in [5, 5.41) is 2.55. The molecule has 2 aromatic rings. The summed E-state index contributed by atoms with van der Waals surface area (Å²) in [6.07, 6.45) is 0. The fraction of sp³-hybridized carbons (Fsp3) is 0.231. The minimum Gasteiger partial charge on any atom is -0.616 e. The first-order valence-electron chi connectivity index (χ1n) is 5.11. The molecule has 0 bridgehead atoms. The van der Waals surface area contributed by atoms with Gasteiger partial charge in [0, 0.05) is 11.1 Å². The molecule has 0 aromatic heterocycles. The van der Waals surface area contributed by atoms with Gasteiger partial charge < -0.3 is 4.55 Å². The van der Waals surface area contributed by atoms with E-state index in [1.165, 1.54) is 27.5 Å². The summed E-state index contributed by atoms with van der Waals surface area (Å²) in [5.41, 5.74) is 3.91. The topological polar surface area (TPSA) is 23.1 Å². The molecule has 0 N–H and O–H groups in total. The molecule has 15 heavy (non-hydrogen) atoms. The fourth-order valence-electron chi connectivity index (χ4n) is 2.36. The van der Waals surface area contributed by atoms with Gasteiger partial charge in [-0.25, -0.2) is 0 Å². The Kier molecular flexibility index (Phi) is 2.01. The molecule has 0 saturated carbocycles. The molecule has 0 saturated heterocycles. The van der Waals surface area contributed by atoms with Gasteiger partial charge in [-0.1, -0.05) is 30.3 Å². The molecule has 0 amide bonds. The van der Waals surface area contributed by atoms with Crippen LogP contribution in [-0.4, -0.2) is 4.55 Å². The highest BCUT2D eigenvalue weighted by Crippen LogP contribution is 2.34. The van der Waals surface area contributed by atoms with Gasteiger partial charge in [0.15, 0.2) is 0 Å². The van der Waals surface area contributed by atoms with E-state index in [2.05, 4.69) is 37.3 Å². The van der Waals surface area contributed by atoms with Gasteiger partial charge in [-0.05, 0) is 34.4 Å². The van der Waals surface area contributed by atoms with E-state index in [9.17, 15) is 4.55 Å². The monoisotopic (exact) mass is 216 g/mol. The molecule has 0 fully saturated rings. The van der Waals surface area contributed by atoms with E-state index in [0.717, 1.165) is 11.5 Å². The van der Waals surface area contributed by atoms with Crippen molar-refractivity contribution in [2.75, 3.05) is 0 Å². The zero-order valence-electron chi connectivity index (χ0n) is 8.62. The van der Waals surface area contributed by atoms with Gasteiger partial charge in [-0.15, -0.1) is 0 Å². The Morgan fingerprint density at radius 2 is 1.87 bits per heavy atom. The number of hydrogen-bond acceptors (Lipinski definition) is 1. The highest BCUT2D eigenvalue weighted by molar-refractivity contribution is 7.90. The Morgan fingerprint density at radius 3 is 2.73 bits per heavy atom. The zero-order chi connectivity index (χ0) is 10.4. The predicted molar refractivity (Wildman–Crippen MR) is 64.2 cm³/mol. The maximum atomic E-state index is 11.6. The second-order valence-corrected chi connectivity index (χ2v) is 5.56. The van der Waals surface area contributed by atoms with Crippen molar-refractivity contribution in [3.8, 4) is 0 Å². The quantitative estimate of drug-likeness (QED) is 0.621. The molecule has 1 aliphatic heterocycles. The average molecular weight is 216 g/mol. The van der Waals surface area contributed by atoms with Crippen LogP contribution >= 0.6 is 0 Å². The summed E-state index contributed by atoms with van der Waals surface area (Å²) in [4.78, 5) is 0. The molecule has 1 unspecified atom stereocenters. The second kappa shape index (κ2) is 3.26. The van der Waals surface area contributed by atoms with Gasteiger partial charge in [0.2, 0.25) is 0 Å². The van der Waals surface area contributed by atoms with E-state index in [-0.39, 0.29) is 0 Å². The molecule has 2 heteroatoms. The van der Waals surface area contributed by atoms with Crippen molar-refractivity contribution in [1.29, 1.82) is 0 Å². The van der Waals surface area contributed by atoms with Crippen molar-refractivity contribution in [2.24, 2.45) is 0 Å². The summed E-state index contributed by atoms with van der Waals surface area (Å²) >= 11 is -0.686. The van der Waals surface area contributed by atoms with Crippen molar-refractivity contribution in [2.45, 2.75) is 18.4 Å². The summed E-state index contributed by atoms with van der Waals surface area (Å²) < 4.78 is 11.6. The lowest BCUT2D eigenvalue weighted by atomic mass is 9.97. The van der Waals surface area contributed by atoms with Crippen molar-refractivity contribution < 1.29 is 4.55 Å². The standard InChI is InChI=1S/C13H12OS/c1-9-6-10-4-2-3-5-11(10)13-8-15(14)7-12(9)13/h2-6H,7-8H2,1H3. The van der Waals surface area contributed by atoms with Crippen LogP contribution in [0.4, 0.5) is 0 Å². The van der Waals surface area contributed by atoms with Gasteiger partial charge in [-0.2, -0.15) is 0 Å². The lowest BCUT2D eigenvalue weighted by Gasteiger charge is -2.05. The van der Waals surface area contributed by atoms with Crippen LogP contribution < -0.4 is 0 Å². The first-order valence-corrected chi connectivity index (χ1v) is 6.59. The third-order valence-corrected chi connectivity index (χ3v) is 4.33. The minimum atomic E-state index is -0.686.